The lowest BCUT2D eigenvalue weighted by molar-refractivity contribution is -0.128. The van der Waals surface area contributed by atoms with E-state index in [0.717, 1.165) is 11.9 Å². The first-order valence-electron chi connectivity index (χ1n) is 6.38. The van der Waals surface area contributed by atoms with Crippen molar-refractivity contribution in [3.05, 3.63) is 53.6 Å². The Balaban J connectivity index is 1.88. The number of aryl methyl sites for hydroxylation is 1. The zero-order valence-electron chi connectivity index (χ0n) is 11.3. The summed E-state index contributed by atoms with van der Waals surface area (Å²) < 4.78 is 28.4. The van der Waals surface area contributed by atoms with Crippen LogP contribution in [-0.2, 0) is 18.4 Å². The van der Waals surface area contributed by atoms with Crippen molar-refractivity contribution in [1.29, 1.82) is 0 Å². The van der Waals surface area contributed by atoms with E-state index in [1.165, 1.54) is 23.9 Å². The molecule has 1 atom stereocenters. The van der Waals surface area contributed by atoms with E-state index in [4.69, 9.17) is 0 Å². The average molecular weight is 309 g/mol. The second-order valence-corrected chi connectivity index (χ2v) is 5.93. The van der Waals surface area contributed by atoms with E-state index in [1.54, 1.807) is 17.3 Å². The minimum Gasteiger partial charge on any atom is -0.336 e. The minimum absolute atomic E-state index is 0.0577. The minimum atomic E-state index is -0.641. The Hall–Kier alpha value is -1.89. The van der Waals surface area contributed by atoms with Gasteiger partial charge in [-0.2, -0.15) is 0 Å². The Morgan fingerprint density at radius 3 is 2.67 bits per heavy atom. The van der Waals surface area contributed by atoms with Crippen molar-refractivity contribution in [3.63, 3.8) is 0 Å². The van der Waals surface area contributed by atoms with E-state index in [2.05, 4.69) is 4.98 Å². The zero-order chi connectivity index (χ0) is 15.0. The number of hydrogen-bond donors (Lipinski definition) is 0. The molecular weight excluding hydrogens is 296 g/mol. The number of carbonyl (C=O) groups is 1. The number of benzene rings is 1. The first kappa shape index (κ1) is 14.1. The molecule has 4 nitrogen and oxygen atoms in total. The summed E-state index contributed by atoms with van der Waals surface area (Å²) >= 11 is 1.46. The summed E-state index contributed by atoms with van der Waals surface area (Å²) in [6.07, 6.45) is 3.47. The first-order valence-corrected chi connectivity index (χ1v) is 7.43. The van der Waals surface area contributed by atoms with Crippen molar-refractivity contribution < 1.29 is 13.6 Å². The number of thioether (sulfide) groups is 1. The maximum atomic E-state index is 13.3. The Labute approximate surface area is 124 Å². The van der Waals surface area contributed by atoms with Gasteiger partial charge in [0.2, 0.25) is 5.91 Å². The summed E-state index contributed by atoms with van der Waals surface area (Å²) in [5.74, 6) is -0.244. The summed E-state index contributed by atoms with van der Waals surface area (Å²) in [4.78, 5) is 17.9. The largest absolute Gasteiger partial charge is 0.336 e. The highest BCUT2D eigenvalue weighted by atomic mass is 32.2. The van der Waals surface area contributed by atoms with Gasteiger partial charge in [-0.05, 0) is 17.7 Å². The van der Waals surface area contributed by atoms with Crippen LogP contribution in [0.3, 0.4) is 0 Å². The molecule has 0 aliphatic carbocycles. The van der Waals surface area contributed by atoms with Gasteiger partial charge in [0.15, 0.2) is 0 Å². The molecule has 1 aliphatic rings. The maximum Gasteiger partial charge on any atom is 0.234 e. The summed E-state index contributed by atoms with van der Waals surface area (Å²) in [6, 6.07) is 3.31. The highest BCUT2D eigenvalue weighted by molar-refractivity contribution is 8.00. The Kier molecular flexibility index (Phi) is 3.67. The predicted octanol–water partition coefficient (Wildman–Crippen LogP) is 2.47. The molecule has 1 aliphatic heterocycles. The number of carbonyl (C=O) groups excluding carboxylic acids is 1. The molecule has 0 radical (unpaired) electrons. The third kappa shape index (κ3) is 2.78. The van der Waals surface area contributed by atoms with Crippen LogP contribution in [0.25, 0.3) is 0 Å². The standard InChI is InChI=1S/C14H13F2N3OS/c1-18-3-2-17-13(18)14-19(12(20)8-21-14)7-9-4-10(15)6-11(16)5-9/h2-6,14H,7-8H2,1H3. The quantitative estimate of drug-likeness (QED) is 0.874. The van der Waals surface area contributed by atoms with Crippen molar-refractivity contribution in [2.45, 2.75) is 11.9 Å². The van der Waals surface area contributed by atoms with Gasteiger partial charge in [0.1, 0.15) is 22.8 Å². The number of hydrogen-bond acceptors (Lipinski definition) is 3. The van der Waals surface area contributed by atoms with E-state index in [0.29, 0.717) is 11.3 Å². The van der Waals surface area contributed by atoms with Crippen LogP contribution in [0.15, 0.2) is 30.6 Å². The summed E-state index contributed by atoms with van der Waals surface area (Å²) in [5.41, 5.74) is 0.433. The third-order valence-electron chi connectivity index (χ3n) is 3.32. The van der Waals surface area contributed by atoms with Crippen LogP contribution in [0.1, 0.15) is 16.8 Å². The van der Waals surface area contributed by atoms with Crippen LogP contribution < -0.4 is 0 Å². The molecule has 0 N–H and O–H groups in total. The van der Waals surface area contributed by atoms with Gasteiger partial charge >= 0.3 is 0 Å². The normalized spacial score (nSPS) is 18.5. The van der Waals surface area contributed by atoms with Crippen molar-refractivity contribution in [2.75, 3.05) is 5.75 Å². The SMILES string of the molecule is Cn1ccnc1C1SCC(=O)N1Cc1cc(F)cc(F)c1. The fourth-order valence-corrected chi connectivity index (χ4v) is 3.57. The lowest BCUT2D eigenvalue weighted by Gasteiger charge is -2.23. The molecule has 1 aromatic heterocycles. The van der Waals surface area contributed by atoms with Crippen LogP contribution in [0.2, 0.25) is 0 Å². The molecule has 1 unspecified atom stereocenters. The lowest BCUT2D eigenvalue weighted by atomic mass is 10.2. The van der Waals surface area contributed by atoms with Crippen molar-refractivity contribution in [2.24, 2.45) is 7.05 Å². The van der Waals surface area contributed by atoms with Gasteiger partial charge in [-0.25, -0.2) is 13.8 Å². The van der Waals surface area contributed by atoms with E-state index in [1.807, 2.05) is 11.6 Å². The number of halogens is 2. The summed E-state index contributed by atoms with van der Waals surface area (Å²) in [7, 11) is 1.85. The van der Waals surface area contributed by atoms with E-state index in [9.17, 15) is 13.6 Å². The Morgan fingerprint density at radius 2 is 2.05 bits per heavy atom. The van der Waals surface area contributed by atoms with Crippen LogP contribution >= 0.6 is 11.8 Å². The molecule has 1 fully saturated rings. The van der Waals surface area contributed by atoms with Gasteiger partial charge in [0, 0.05) is 32.1 Å². The highest BCUT2D eigenvalue weighted by Gasteiger charge is 2.35. The number of amides is 1. The molecule has 3 rings (SSSR count). The summed E-state index contributed by atoms with van der Waals surface area (Å²) in [6.45, 7) is 0.165. The van der Waals surface area contributed by atoms with Gasteiger partial charge < -0.3 is 9.47 Å². The number of nitrogens with zero attached hydrogens (tertiary/aromatic N) is 3. The second-order valence-electron chi connectivity index (χ2n) is 4.86. The monoisotopic (exact) mass is 309 g/mol. The number of rotatable bonds is 3. The fraction of sp³-hybridized carbons (Fsp3) is 0.286. The topological polar surface area (TPSA) is 38.1 Å². The van der Waals surface area contributed by atoms with Crippen molar-refractivity contribution in [1.82, 2.24) is 14.5 Å². The molecule has 1 amide bonds. The van der Waals surface area contributed by atoms with Gasteiger partial charge in [0.25, 0.3) is 0 Å². The van der Waals surface area contributed by atoms with E-state index >= 15 is 0 Å². The molecular formula is C14H13F2N3OS. The van der Waals surface area contributed by atoms with Crippen LogP contribution in [0, 0.1) is 11.6 Å². The molecule has 2 aromatic rings. The molecule has 21 heavy (non-hydrogen) atoms. The van der Waals surface area contributed by atoms with Crippen LogP contribution in [0.5, 0.6) is 0 Å². The fourth-order valence-electron chi connectivity index (χ4n) is 2.35. The second kappa shape index (κ2) is 5.48. The lowest BCUT2D eigenvalue weighted by Crippen LogP contribution is -2.29. The van der Waals surface area contributed by atoms with Gasteiger partial charge in [-0.1, -0.05) is 0 Å². The van der Waals surface area contributed by atoms with E-state index in [-0.39, 0.29) is 17.8 Å². The van der Waals surface area contributed by atoms with Gasteiger partial charge in [-0.15, -0.1) is 11.8 Å². The number of imidazole rings is 1. The predicted molar refractivity (Wildman–Crippen MR) is 75.3 cm³/mol. The number of aromatic nitrogens is 2. The van der Waals surface area contributed by atoms with E-state index < -0.39 is 11.6 Å². The highest BCUT2D eigenvalue weighted by Crippen LogP contribution is 2.38. The molecule has 0 saturated carbocycles. The third-order valence-corrected chi connectivity index (χ3v) is 4.52. The van der Waals surface area contributed by atoms with Gasteiger partial charge in [0.05, 0.1) is 5.75 Å². The molecule has 7 heteroatoms. The first-order chi connectivity index (χ1) is 10.0. The molecule has 1 saturated heterocycles. The van der Waals surface area contributed by atoms with Crippen LogP contribution in [0.4, 0.5) is 8.78 Å². The van der Waals surface area contributed by atoms with Gasteiger partial charge in [-0.3, -0.25) is 4.79 Å². The summed E-state index contributed by atoms with van der Waals surface area (Å²) in [5, 5.41) is -0.233. The molecule has 1 aromatic carbocycles. The molecule has 0 spiro atoms. The molecule has 110 valence electrons. The zero-order valence-corrected chi connectivity index (χ0v) is 12.1. The average Bonchev–Trinajstić information content (AvgIpc) is 2.96. The Morgan fingerprint density at radius 1 is 1.33 bits per heavy atom. The molecule has 0 bridgehead atoms. The molecule has 2 heterocycles. The maximum absolute atomic E-state index is 13.3. The Bertz CT molecular complexity index is 668. The van der Waals surface area contributed by atoms with Crippen molar-refractivity contribution in [3.8, 4) is 0 Å². The van der Waals surface area contributed by atoms with Crippen molar-refractivity contribution >= 4 is 17.7 Å². The van der Waals surface area contributed by atoms with Crippen LogP contribution in [-0.4, -0.2) is 26.1 Å². The smallest absolute Gasteiger partial charge is 0.234 e.